The van der Waals surface area contributed by atoms with E-state index < -0.39 is 16.5 Å². The van der Waals surface area contributed by atoms with Gasteiger partial charge in [-0.2, -0.15) is 0 Å². The van der Waals surface area contributed by atoms with E-state index in [2.05, 4.69) is 5.32 Å². The van der Waals surface area contributed by atoms with Gasteiger partial charge in [0.2, 0.25) is 11.8 Å². The van der Waals surface area contributed by atoms with Gasteiger partial charge in [0.25, 0.3) is 5.69 Å². The molecule has 1 unspecified atom stereocenters. The number of β-lactam (4-membered cyclic amide) rings is 1. The van der Waals surface area contributed by atoms with Crippen LogP contribution in [0.5, 0.6) is 0 Å². The molecule has 1 aliphatic carbocycles. The van der Waals surface area contributed by atoms with Crippen LogP contribution in [0.15, 0.2) is 36.4 Å². The van der Waals surface area contributed by atoms with Crippen molar-refractivity contribution in [1.29, 1.82) is 0 Å². The second-order valence-corrected chi connectivity index (χ2v) is 7.86. The lowest BCUT2D eigenvalue weighted by atomic mass is 9.77. The zero-order valence-electron chi connectivity index (χ0n) is 15.1. The van der Waals surface area contributed by atoms with E-state index in [-0.39, 0.29) is 29.5 Å². The van der Waals surface area contributed by atoms with Crippen LogP contribution in [0.25, 0.3) is 0 Å². The second-order valence-electron chi connectivity index (χ2n) is 7.86. The fourth-order valence-electron chi connectivity index (χ4n) is 3.65. The average Bonchev–Trinajstić information content (AvgIpc) is 2.57. The Balaban J connectivity index is 1.99. The number of carbonyl (C=O) groups excluding carboxylic acids is 2. The van der Waals surface area contributed by atoms with Crippen LogP contribution in [0.4, 0.5) is 5.69 Å². The predicted molar refractivity (Wildman–Crippen MR) is 96.2 cm³/mol. The number of nitro groups is 1. The first-order chi connectivity index (χ1) is 12.2. The van der Waals surface area contributed by atoms with E-state index >= 15 is 0 Å². The van der Waals surface area contributed by atoms with Crippen LogP contribution in [-0.2, 0) is 9.59 Å². The summed E-state index contributed by atoms with van der Waals surface area (Å²) in [5.41, 5.74) is -0.109. The summed E-state index contributed by atoms with van der Waals surface area (Å²) in [5.74, 6) is -0.483. The van der Waals surface area contributed by atoms with E-state index in [0.29, 0.717) is 18.4 Å². The standard InChI is InChI=1S/C19H23N3O4/c1-19(2,3)20-17(23)16(12-7-6-8-13(11-12)22(25)26)21-15-10-5-4-9-14(15)18(21)24/h4-8,11,14-16H,9-10H2,1-3H3,(H,20,23)/t14-,15+,16?/m1/s1. The zero-order chi connectivity index (χ0) is 19.1. The largest absolute Gasteiger partial charge is 0.349 e. The molecule has 1 fully saturated rings. The molecule has 3 atom stereocenters. The van der Waals surface area contributed by atoms with Crippen molar-refractivity contribution in [3.05, 3.63) is 52.1 Å². The maximum absolute atomic E-state index is 13.0. The number of likely N-dealkylation sites (tertiary alicyclic amines) is 1. The first-order valence-corrected chi connectivity index (χ1v) is 8.72. The van der Waals surface area contributed by atoms with Gasteiger partial charge in [-0.05, 0) is 39.2 Å². The van der Waals surface area contributed by atoms with Gasteiger partial charge in [0.05, 0.1) is 10.8 Å². The Bertz CT molecular complexity index is 781. The number of nitro benzene ring substituents is 1. The molecule has 0 bridgehead atoms. The number of carbonyl (C=O) groups is 2. The summed E-state index contributed by atoms with van der Waals surface area (Å²) in [5, 5.41) is 14.0. The lowest BCUT2D eigenvalue weighted by Crippen LogP contribution is -2.64. The van der Waals surface area contributed by atoms with Crippen LogP contribution in [0, 0.1) is 16.0 Å². The smallest absolute Gasteiger partial charge is 0.269 e. The van der Waals surface area contributed by atoms with E-state index in [0.717, 1.165) is 0 Å². The van der Waals surface area contributed by atoms with Gasteiger partial charge in [0.1, 0.15) is 6.04 Å². The van der Waals surface area contributed by atoms with Crippen molar-refractivity contribution < 1.29 is 14.5 Å². The summed E-state index contributed by atoms with van der Waals surface area (Å²) in [6.07, 6.45) is 5.40. The van der Waals surface area contributed by atoms with Crippen LogP contribution >= 0.6 is 0 Å². The van der Waals surface area contributed by atoms with Crippen molar-refractivity contribution >= 4 is 17.5 Å². The number of benzene rings is 1. The molecule has 1 N–H and O–H groups in total. The van der Waals surface area contributed by atoms with Gasteiger partial charge in [-0.15, -0.1) is 0 Å². The van der Waals surface area contributed by atoms with Crippen LogP contribution in [-0.4, -0.2) is 33.2 Å². The molecule has 1 aromatic rings. The maximum atomic E-state index is 13.0. The number of allylic oxidation sites excluding steroid dienone is 1. The molecule has 1 heterocycles. The molecule has 1 saturated heterocycles. The van der Waals surface area contributed by atoms with E-state index in [1.54, 1.807) is 17.0 Å². The van der Waals surface area contributed by atoms with Gasteiger partial charge in [0, 0.05) is 23.7 Å². The minimum atomic E-state index is -0.866. The van der Waals surface area contributed by atoms with Gasteiger partial charge in [-0.1, -0.05) is 24.3 Å². The highest BCUT2D eigenvalue weighted by Gasteiger charge is 2.52. The fourth-order valence-corrected chi connectivity index (χ4v) is 3.65. The van der Waals surface area contributed by atoms with Gasteiger partial charge in [0.15, 0.2) is 0 Å². The van der Waals surface area contributed by atoms with Gasteiger partial charge >= 0.3 is 0 Å². The third-order valence-corrected chi connectivity index (χ3v) is 4.75. The summed E-state index contributed by atoms with van der Waals surface area (Å²) >= 11 is 0. The molecule has 1 aliphatic heterocycles. The van der Waals surface area contributed by atoms with Crippen molar-refractivity contribution in [2.45, 2.75) is 51.2 Å². The molecule has 138 valence electrons. The second kappa shape index (κ2) is 6.55. The van der Waals surface area contributed by atoms with E-state index in [4.69, 9.17) is 0 Å². The number of non-ortho nitro benzene ring substituents is 1. The van der Waals surface area contributed by atoms with Gasteiger partial charge < -0.3 is 10.2 Å². The Morgan fingerprint density at radius 2 is 2.00 bits per heavy atom. The van der Waals surface area contributed by atoms with E-state index in [1.165, 1.54) is 12.1 Å². The Hall–Kier alpha value is -2.70. The lowest BCUT2D eigenvalue weighted by molar-refractivity contribution is -0.384. The van der Waals surface area contributed by atoms with Crippen molar-refractivity contribution in [2.24, 2.45) is 5.92 Å². The lowest BCUT2D eigenvalue weighted by Gasteiger charge is -2.51. The maximum Gasteiger partial charge on any atom is 0.269 e. The third kappa shape index (κ3) is 3.34. The highest BCUT2D eigenvalue weighted by Crippen LogP contribution is 2.42. The molecule has 0 aromatic heterocycles. The van der Waals surface area contributed by atoms with Gasteiger partial charge in [-0.25, -0.2) is 0 Å². The fraction of sp³-hybridized carbons (Fsp3) is 0.474. The normalized spacial score (nSPS) is 23.0. The van der Waals surface area contributed by atoms with Crippen LogP contribution in [0.2, 0.25) is 0 Å². The topological polar surface area (TPSA) is 92.5 Å². The van der Waals surface area contributed by atoms with Crippen LogP contribution in [0.3, 0.4) is 0 Å². The molecule has 26 heavy (non-hydrogen) atoms. The Morgan fingerprint density at radius 1 is 1.31 bits per heavy atom. The molecule has 2 amide bonds. The molecule has 0 spiro atoms. The van der Waals surface area contributed by atoms with Crippen molar-refractivity contribution in [1.82, 2.24) is 10.2 Å². The first kappa shape index (κ1) is 18.1. The monoisotopic (exact) mass is 357 g/mol. The number of rotatable bonds is 4. The molecule has 0 radical (unpaired) electrons. The van der Waals surface area contributed by atoms with Crippen molar-refractivity contribution in [3.63, 3.8) is 0 Å². The Morgan fingerprint density at radius 3 is 2.65 bits per heavy atom. The van der Waals surface area contributed by atoms with Crippen molar-refractivity contribution in [2.75, 3.05) is 0 Å². The third-order valence-electron chi connectivity index (χ3n) is 4.75. The molecule has 0 saturated carbocycles. The van der Waals surface area contributed by atoms with Crippen molar-refractivity contribution in [3.8, 4) is 0 Å². The van der Waals surface area contributed by atoms with Crippen LogP contribution in [0.1, 0.15) is 45.2 Å². The minimum absolute atomic E-state index is 0.0394. The number of nitrogens with one attached hydrogen (secondary N) is 1. The summed E-state index contributed by atoms with van der Waals surface area (Å²) in [7, 11) is 0. The van der Waals surface area contributed by atoms with Gasteiger partial charge in [-0.3, -0.25) is 19.7 Å². The highest BCUT2D eigenvalue weighted by molar-refractivity contribution is 5.94. The number of nitrogens with zero attached hydrogens (tertiary/aromatic N) is 2. The number of fused-ring (bicyclic) bond motifs is 1. The first-order valence-electron chi connectivity index (χ1n) is 8.72. The number of amides is 2. The summed E-state index contributed by atoms with van der Waals surface area (Å²) in [6.45, 7) is 5.58. The molecule has 7 nitrogen and oxygen atoms in total. The minimum Gasteiger partial charge on any atom is -0.349 e. The molecular weight excluding hydrogens is 334 g/mol. The van der Waals surface area contributed by atoms with E-state index in [9.17, 15) is 19.7 Å². The predicted octanol–water partition coefficient (Wildman–Crippen LogP) is 2.73. The molecule has 3 rings (SSSR count). The molecule has 1 aromatic carbocycles. The number of hydrogen-bond donors (Lipinski definition) is 1. The number of hydrogen-bond acceptors (Lipinski definition) is 4. The quantitative estimate of drug-likeness (QED) is 0.388. The highest BCUT2D eigenvalue weighted by atomic mass is 16.6. The summed E-state index contributed by atoms with van der Waals surface area (Å²) in [4.78, 5) is 37.9. The molecule has 2 aliphatic rings. The zero-order valence-corrected chi connectivity index (χ0v) is 15.1. The van der Waals surface area contributed by atoms with Crippen LogP contribution < -0.4 is 5.32 Å². The summed E-state index contributed by atoms with van der Waals surface area (Å²) in [6, 6.07) is 5.07. The molecular formula is C19H23N3O4. The Labute approximate surface area is 152 Å². The molecule has 7 heteroatoms. The summed E-state index contributed by atoms with van der Waals surface area (Å²) < 4.78 is 0. The Kier molecular flexibility index (Phi) is 4.56. The van der Waals surface area contributed by atoms with E-state index in [1.807, 2.05) is 32.9 Å². The SMILES string of the molecule is CC(C)(C)NC(=O)C(c1cccc([N+](=O)[O-])c1)N1C(=O)[C@@H]2CC=CC[C@@H]21. The average molecular weight is 357 g/mol.